The summed E-state index contributed by atoms with van der Waals surface area (Å²) in [5.74, 6) is 7.38. The molecule has 1 aromatic heterocycles. The quantitative estimate of drug-likeness (QED) is 0.595. The number of hydrogen-bond acceptors (Lipinski definition) is 5. The molecule has 2 heterocycles. The van der Waals surface area contributed by atoms with Crippen LogP contribution in [0.3, 0.4) is 0 Å². The van der Waals surface area contributed by atoms with Gasteiger partial charge in [-0.05, 0) is 44.4 Å². The Morgan fingerprint density at radius 3 is 2.69 bits per heavy atom. The van der Waals surface area contributed by atoms with Crippen LogP contribution in [-0.4, -0.2) is 71.2 Å². The van der Waals surface area contributed by atoms with Gasteiger partial charge >= 0.3 is 0 Å². The van der Waals surface area contributed by atoms with E-state index in [1.807, 2.05) is 37.3 Å². The number of carbonyl (C=O) groups excluding carboxylic acids is 1. The first-order valence-electron chi connectivity index (χ1n) is 13.2. The summed E-state index contributed by atoms with van der Waals surface area (Å²) in [7, 11) is 2.16. The van der Waals surface area contributed by atoms with Gasteiger partial charge in [-0.15, -0.1) is 0 Å². The fraction of sp³-hybridized carbons (Fsp3) is 0.533. The Kier molecular flexibility index (Phi) is 9.01. The fourth-order valence-electron chi connectivity index (χ4n) is 5.25. The molecule has 4 rings (SSSR count). The zero-order valence-corrected chi connectivity index (χ0v) is 21.8. The summed E-state index contributed by atoms with van der Waals surface area (Å²) in [6.45, 7) is 6.26. The smallest absolute Gasteiger partial charge is 0.259 e. The van der Waals surface area contributed by atoms with Crippen molar-refractivity contribution in [1.82, 2.24) is 14.8 Å². The van der Waals surface area contributed by atoms with Gasteiger partial charge in [0, 0.05) is 43.7 Å². The van der Waals surface area contributed by atoms with Crippen molar-refractivity contribution >= 4 is 5.91 Å². The van der Waals surface area contributed by atoms with Crippen LogP contribution in [0.25, 0.3) is 0 Å². The number of amides is 1. The van der Waals surface area contributed by atoms with Crippen LogP contribution in [0, 0.1) is 23.7 Å². The Labute approximate surface area is 215 Å². The van der Waals surface area contributed by atoms with Crippen molar-refractivity contribution in [2.24, 2.45) is 11.8 Å². The van der Waals surface area contributed by atoms with E-state index >= 15 is 0 Å². The third kappa shape index (κ3) is 6.66. The molecule has 1 N–H and O–H groups in total. The molecule has 192 valence electrons. The van der Waals surface area contributed by atoms with Crippen LogP contribution < -0.4 is 4.74 Å². The molecule has 1 fully saturated rings. The Hall–Kier alpha value is -2.88. The summed E-state index contributed by atoms with van der Waals surface area (Å²) >= 11 is 0. The minimum Gasteiger partial charge on any atom is -0.472 e. The van der Waals surface area contributed by atoms with Crippen LogP contribution in [0.4, 0.5) is 0 Å². The van der Waals surface area contributed by atoms with Gasteiger partial charge in [-0.2, -0.15) is 0 Å². The molecule has 3 atom stereocenters. The average Bonchev–Trinajstić information content (AvgIpc) is 3.39. The molecule has 2 aromatic rings. The third-order valence-corrected chi connectivity index (χ3v) is 7.43. The topological polar surface area (TPSA) is 65.9 Å². The Morgan fingerprint density at radius 2 is 1.97 bits per heavy atom. The van der Waals surface area contributed by atoms with Crippen molar-refractivity contribution in [2.45, 2.75) is 58.1 Å². The van der Waals surface area contributed by atoms with Crippen molar-refractivity contribution < 1.29 is 14.6 Å². The third-order valence-electron chi connectivity index (χ3n) is 7.43. The number of aromatic nitrogens is 1. The van der Waals surface area contributed by atoms with Gasteiger partial charge in [0.05, 0.1) is 12.6 Å². The number of aliphatic hydroxyl groups is 1. The first-order chi connectivity index (χ1) is 17.4. The molecule has 1 aliphatic carbocycles. The normalized spacial score (nSPS) is 21.2. The molecular formula is C30H39N3O3. The Morgan fingerprint density at radius 1 is 1.22 bits per heavy atom. The maximum Gasteiger partial charge on any atom is 0.259 e. The molecule has 0 unspecified atom stereocenters. The number of aliphatic hydroxyl groups excluding tert-OH is 1. The van der Waals surface area contributed by atoms with E-state index in [0.29, 0.717) is 30.0 Å². The number of hydrogen-bond donors (Lipinski definition) is 1. The highest BCUT2D eigenvalue weighted by molar-refractivity contribution is 5.97. The van der Waals surface area contributed by atoms with E-state index in [1.54, 1.807) is 17.2 Å². The molecule has 0 bridgehead atoms. The van der Waals surface area contributed by atoms with E-state index in [-0.39, 0.29) is 30.6 Å². The summed E-state index contributed by atoms with van der Waals surface area (Å²) in [4.78, 5) is 22.3. The molecule has 0 radical (unpaired) electrons. The molecule has 2 aliphatic rings. The van der Waals surface area contributed by atoms with E-state index in [9.17, 15) is 9.90 Å². The summed E-state index contributed by atoms with van der Waals surface area (Å²) in [6, 6.07) is 11.6. The second-order valence-electron chi connectivity index (χ2n) is 10.5. The van der Waals surface area contributed by atoms with Crippen LogP contribution in [0.1, 0.15) is 61.0 Å². The molecule has 1 amide bonds. The maximum atomic E-state index is 13.6. The summed E-state index contributed by atoms with van der Waals surface area (Å²) in [5, 5.41) is 9.88. The van der Waals surface area contributed by atoms with Gasteiger partial charge in [0.15, 0.2) is 0 Å². The number of fused-ring (bicyclic) bond motifs is 1. The number of nitrogens with zero attached hydrogens (tertiary/aromatic N) is 3. The number of pyridine rings is 1. The van der Waals surface area contributed by atoms with Gasteiger partial charge in [-0.1, -0.05) is 61.9 Å². The number of benzene rings is 1. The first-order valence-corrected chi connectivity index (χ1v) is 13.2. The number of carbonyl (C=O) groups is 1. The Balaban J connectivity index is 1.57. The number of ether oxygens (including phenoxy) is 1. The summed E-state index contributed by atoms with van der Waals surface area (Å²) in [5.41, 5.74) is 2.24. The van der Waals surface area contributed by atoms with Crippen molar-refractivity contribution in [1.29, 1.82) is 0 Å². The molecule has 1 aromatic carbocycles. The van der Waals surface area contributed by atoms with E-state index in [1.165, 1.54) is 25.7 Å². The highest BCUT2D eigenvalue weighted by Crippen LogP contribution is 2.29. The number of rotatable bonds is 7. The van der Waals surface area contributed by atoms with Crippen molar-refractivity contribution in [3.05, 3.63) is 59.3 Å². The fourth-order valence-corrected chi connectivity index (χ4v) is 5.25. The minimum atomic E-state index is -0.296. The van der Waals surface area contributed by atoms with Crippen LogP contribution >= 0.6 is 0 Å². The lowest BCUT2D eigenvalue weighted by Gasteiger charge is -2.38. The van der Waals surface area contributed by atoms with Crippen LogP contribution in [0.5, 0.6) is 5.88 Å². The van der Waals surface area contributed by atoms with E-state index in [0.717, 1.165) is 24.6 Å². The molecule has 0 saturated heterocycles. The van der Waals surface area contributed by atoms with Gasteiger partial charge in [0.2, 0.25) is 5.88 Å². The van der Waals surface area contributed by atoms with E-state index in [2.05, 4.69) is 35.7 Å². The highest BCUT2D eigenvalue weighted by atomic mass is 16.5. The van der Waals surface area contributed by atoms with Gasteiger partial charge in [0.25, 0.3) is 5.91 Å². The highest BCUT2D eigenvalue weighted by Gasteiger charge is 2.34. The first kappa shape index (κ1) is 26.2. The summed E-state index contributed by atoms with van der Waals surface area (Å²) in [6.07, 6.45) is 7.48. The average molecular weight is 490 g/mol. The molecule has 6 nitrogen and oxygen atoms in total. The minimum absolute atomic E-state index is 0.0919. The monoisotopic (exact) mass is 489 g/mol. The van der Waals surface area contributed by atoms with Gasteiger partial charge < -0.3 is 19.6 Å². The van der Waals surface area contributed by atoms with Crippen LogP contribution in [0.2, 0.25) is 0 Å². The SMILES string of the molecule is C[C@H](CO)N1C[C@H](C)[C@@H](CN(C)CC2CCCC2)Oc2ncc(C#CCc3ccccc3)cc2C1=O. The van der Waals surface area contributed by atoms with Gasteiger partial charge in [-0.25, -0.2) is 4.98 Å². The molecule has 0 spiro atoms. The van der Waals surface area contributed by atoms with E-state index < -0.39 is 0 Å². The van der Waals surface area contributed by atoms with Crippen molar-refractivity contribution in [3.8, 4) is 17.7 Å². The van der Waals surface area contributed by atoms with Crippen molar-refractivity contribution in [3.63, 3.8) is 0 Å². The van der Waals surface area contributed by atoms with Crippen LogP contribution in [0.15, 0.2) is 42.6 Å². The van der Waals surface area contributed by atoms with Crippen LogP contribution in [-0.2, 0) is 6.42 Å². The largest absolute Gasteiger partial charge is 0.472 e. The van der Waals surface area contributed by atoms with Gasteiger partial charge in [0.1, 0.15) is 11.7 Å². The predicted octanol–water partition coefficient (Wildman–Crippen LogP) is 4.02. The standard InChI is InChI=1S/C30H39N3O3/c1-22-18-33(23(2)21-34)30(35)27-16-26(15-9-14-24-10-5-4-6-11-24)17-31-29(27)36-28(22)20-32(3)19-25-12-7-8-13-25/h4-6,10-11,16-17,22-23,25,28,34H,7-8,12-14,18-21H2,1-3H3/t22-,23+,28+/m0/s1. The molecule has 36 heavy (non-hydrogen) atoms. The lowest BCUT2D eigenvalue weighted by atomic mass is 9.99. The Bertz CT molecular complexity index is 1070. The zero-order valence-electron chi connectivity index (χ0n) is 21.8. The van der Waals surface area contributed by atoms with E-state index in [4.69, 9.17) is 4.74 Å². The second kappa shape index (κ2) is 12.4. The maximum absolute atomic E-state index is 13.6. The molecule has 6 heteroatoms. The summed E-state index contributed by atoms with van der Waals surface area (Å²) < 4.78 is 6.43. The predicted molar refractivity (Wildman–Crippen MR) is 142 cm³/mol. The van der Waals surface area contributed by atoms with Gasteiger partial charge in [-0.3, -0.25) is 4.79 Å². The number of likely N-dealkylation sites (N-methyl/N-ethyl adjacent to an activating group) is 1. The molecule has 1 saturated carbocycles. The second-order valence-corrected chi connectivity index (χ2v) is 10.5. The van der Waals surface area contributed by atoms with Crippen molar-refractivity contribution in [2.75, 3.05) is 33.3 Å². The lowest BCUT2D eigenvalue weighted by Crippen LogP contribution is -2.50. The lowest BCUT2D eigenvalue weighted by molar-refractivity contribution is 0.0320. The molecule has 1 aliphatic heterocycles. The molecular weight excluding hydrogens is 450 g/mol. The zero-order chi connectivity index (χ0) is 25.5.